The first-order chi connectivity index (χ1) is 10.2. The highest BCUT2D eigenvalue weighted by Crippen LogP contribution is 2.21. The summed E-state index contributed by atoms with van der Waals surface area (Å²) in [6.45, 7) is 0.501. The van der Waals surface area contributed by atoms with Crippen LogP contribution in [0, 0.1) is 0 Å². The van der Waals surface area contributed by atoms with Crippen molar-refractivity contribution in [3.8, 4) is 11.3 Å². The Balaban J connectivity index is 1.99. The highest BCUT2D eigenvalue weighted by molar-refractivity contribution is 5.93. The molecule has 5 heteroatoms. The van der Waals surface area contributed by atoms with E-state index in [2.05, 4.69) is 10.1 Å². The first-order valence-electron chi connectivity index (χ1n) is 6.47. The molecule has 0 saturated carbocycles. The fraction of sp³-hybridized carbons (Fsp3) is 0.0625. The first-order valence-corrected chi connectivity index (χ1v) is 6.47. The molecule has 0 fully saturated rings. The zero-order valence-electron chi connectivity index (χ0n) is 11.1. The van der Waals surface area contributed by atoms with E-state index >= 15 is 0 Å². The average Bonchev–Trinajstić information content (AvgIpc) is 2.93. The molecule has 0 amide bonds. The molecule has 2 heterocycles. The van der Waals surface area contributed by atoms with Crippen molar-refractivity contribution in [3.63, 3.8) is 0 Å². The fourth-order valence-corrected chi connectivity index (χ4v) is 2.14. The smallest absolute Gasteiger partial charge is 0.103 e. The molecule has 104 valence electrons. The minimum absolute atomic E-state index is 0.0685. The number of hydrogen-bond acceptors (Lipinski definition) is 4. The third-order valence-corrected chi connectivity index (χ3v) is 3.10. The zero-order valence-corrected chi connectivity index (χ0v) is 11.1. The normalized spacial score (nSPS) is 10.5. The molecule has 0 bridgehead atoms. The Labute approximate surface area is 121 Å². The van der Waals surface area contributed by atoms with Crippen molar-refractivity contribution in [2.24, 2.45) is 0 Å². The van der Waals surface area contributed by atoms with E-state index < -0.39 is 5.97 Å². The molecule has 21 heavy (non-hydrogen) atoms. The van der Waals surface area contributed by atoms with Gasteiger partial charge in [0.25, 0.3) is 0 Å². The Morgan fingerprint density at radius 2 is 1.95 bits per heavy atom. The maximum atomic E-state index is 11.3. The Hall–Kier alpha value is -2.95. The van der Waals surface area contributed by atoms with Gasteiger partial charge in [-0.05, 0) is 17.7 Å². The number of aromatic nitrogens is 3. The highest BCUT2D eigenvalue weighted by Gasteiger charge is 2.12. The molecule has 3 aromatic rings. The number of carbonyl (C=O) groups is 1. The van der Waals surface area contributed by atoms with Crippen molar-refractivity contribution in [2.45, 2.75) is 6.54 Å². The molecular weight excluding hydrogens is 266 g/mol. The maximum Gasteiger partial charge on any atom is 0.103 e. The van der Waals surface area contributed by atoms with Gasteiger partial charge in [0, 0.05) is 29.7 Å². The summed E-state index contributed by atoms with van der Waals surface area (Å²) in [6, 6.07) is 13.2. The Kier molecular flexibility index (Phi) is 3.47. The summed E-state index contributed by atoms with van der Waals surface area (Å²) in [5.41, 5.74) is 2.14. The van der Waals surface area contributed by atoms with E-state index in [0.717, 1.165) is 5.56 Å². The molecule has 1 aromatic carbocycles. The predicted octanol–water partition coefficient (Wildman–Crippen LogP) is 1.36. The van der Waals surface area contributed by atoms with Crippen molar-refractivity contribution in [3.05, 3.63) is 72.2 Å². The van der Waals surface area contributed by atoms with Crippen LogP contribution in [0.2, 0.25) is 0 Å². The standard InChI is InChI=1S/C16H13N3O2/c20-16(21)14-11-19(10-12-5-2-1-3-6-12)18-15(14)13-7-4-8-17-9-13/h1-9,11H,10H2,(H,20,21)/p-1. The number of hydrogen-bond donors (Lipinski definition) is 0. The molecule has 0 spiro atoms. The second-order valence-electron chi connectivity index (χ2n) is 4.60. The van der Waals surface area contributed by atoms with Gasteiger partial charge >= 0.3 is 0 Å². The predicted molar refractivity (Wildman–Crippen MR) is 75.3 cm³/mol. The van der Waals surface area contributed by atoms with Crippen LogP contribution in [0.3, 0.4) is 0 Å². The molecule has 0 saturated heterocycles. The van der Waals surface area contributed by atoms with Gasteiger partial charge in [-0.2, -0.15) is 5.10 Å². The second kappa shape index (κ2) is 5.58. The summed E-state index contributed by atoms with van der Waals surface area (Å²) in [7, 11) is 0. The minimum Gasteiger partial charge on any atom is -0.545 e. The number of carboxylic acid groups (broad SMARTS) is 1. The number of aromatic carboxylic acids is 1. The third-order valence-electron chi connectivity index (χ3n) is 3.10. The highest BCUT2D eigenvalue weighted by atomic mass is 16.4. The van der Waals surface area contributed by atoms with E-state index in [4.69, 9.17) is 0 Å². The van der Waals surface area contributed by atoms with Gasteiger partial charge in [0.15, 0.2) is 0 Å². The largest absolute Gasteiger partial charge is 0.545 e. The van der Waals surface area contributed by atoms with Gasteiger partial charge in [-0.3, -0.25) is 9.67 Å². The van der Waals surface area contributed by atoms with Crippen LogP contribution in [0.4, 0.5) is 0 Å². The summed E-state index contributed by atoms with van der Waals surface area (Å²) in [4.78, 5) is 15.3. The lowest BCUT2D eigenvalue weighted by molar-refractivity contribution is -0.254. The van der Waals surface area contributed by atoms with Crippen LogP contribution in [-0.2, 0) is 6.54 Å². The maximum absolute atomic E-state index is 11.3. The van der Waals surface area contributed by atoms with Gasteiger partial charge < -0.3 is 9.90 Å². The number of pyridine rings is 1. The van der Waals surface area contributed by atoms with E-state index in [-0.39, 0.29) is 5.56 Å². The van der Waals surface area contributed by atoms with E-state index in [0.29, 0.717) is 17.8 Å². The molecule has 0 aliphatic rings. The van der Waals surface area contributed by atoms with Crippen molar-refractivity contribution in [1.82, 2.24) is 14.8 Å². The second-order valence-corrected chi connectivity index (χ2v) is 4.60. The molecule has 0 aliphatic carbocycles. The molecule has 0 unspecified atom stereocenters. The monoisotopic (exact) mass is 278 g/mol. The van der Waals surface area contributed by atoms with Crippen LogP contribution in [-0.4, -0.2) is 20.7 Å². The van der Waals surface area contributed by atoms with Crippen molar-refractivity contribution in [1.29, 1.82) is 0 Å². The molecule has 0 radical (unpaired) electrons. The molecule has 0 aliphatic heterocycles. The van der Waals surface area contributed by atoms with E-state index in [1.54, 1.807) is 29.2 Å². The lowest BCUT2D eigenvalue weighted by atomic mass is 10.1. The van der Waals surface area contributed by atoms with E-state index in [9.17, 15) is 9.90 Å². The van der Waals surface area contributed by atoms with Gasteiger partial charge in [-0.15, -0.1) is 0 Å². The van der Waals surface area contributed by atoms with Crippen molar-refractivity contribution < 1.29 is 9.90 Å². The van der Waals surface area contributed by atoms with Gasteiger partial charge in [0.1, 0.15) is 5.69 Å². The van der Waals surface area contributed by atoms with Gasteiger partial charge in [0.2, 0.25) is 0 Å². The molecule has 0 atom stereocenters. The number of benzene rings is 1. The quantitative estimate of drug-likeness (QED) is 0.722. The molecular formula is C16H12N3O2-. The minimum atomic E-state index is -1.24. The molecule has 3 rings (SSSR count). The van der Waals surface area contributed by atoms with Crippen LogP contribution in [0.15, 0.2) is 61.1 Å². The Morgan fingerprint density at radius 3 is 2.62 bits per heavy atom. The first kappa shape index (κ1) is 13.1. The fourth-order valence-electron chi connectivity index (χ4n) is 2.14. The van der Waals surface area contributed by atoms with Crippen LogP contribution in [0.5, 0.6) is 0 Å². The zero-order chi connectivity index (χ0) is 14.7. The van der Waals surface area contributed by atoms with Crippen LogP contribution in [0.1, 0.15) is 15.9 Å². The van der Waals surface area contributed by atoms with E-state index in [1.165, 1.54) is 6.20 Å². The number of carbonyl (C=O) groups excluding carboxylic acids is 1. The van der Waals surface area contributed by atoms with Crippen LogP contribution >= 0.6 is 0 Å². The van der Waals surface area contributed by atoms with Crippen molar-refractivity contribution >= 4 is 5.97 Å². The Bertz CT molecular complexity index is 752. The lowest BCUT2D eigenvalue weighted by Gasteiger charge is -2.01. The molecule has 0 N–H and O–H groups in total. The molecule has 2 aromatic heterocycles. The topological polar surface area (TPSA) is 70.8 Å². The average molecular weight is 278 g/mol. The third kappa shape index (κ3) is 2.81. The summed E-state index contributed by atoms with van der Waals surface area (Å²) < 4.78 is 1.60. The Morgan fingerprint density at radius 1 is 1.14 bits per heavy atom. The number of carboxylic acids is 1. The van der Waals surface area contributed by atoms with Gasteiger partial charge in [-0.25, -0.2) is 0 Å². The number of rotatable bonds is 4. The number of nitrogens with zero attached hydrogens (tertiary/aromatic N) is 3. The van der Waals surface area contributed by atoms with Gasteiger partial charge in [0.05, 0.1) is 12.5 Å². The summed E-state index contributed by atoms with van der Waals surface area (Å²) in [5.74, 6) is -1.24. The van der Waals surface area contributed by atoms with Gasteiger partial charge in [-0.1, -0.05) is 30.3 Å². The summed E-state index contributed by atoms with van der Waals surface area (Å²) in [5, 5.41) is 15.6. The summed E-state index contributed by atoms with van der Waals surface area (Å²) >= 11 is 0. The SMILES string of the molecule is O=C([O-])c1cn(Cc2ccccc2)nc1-c1cccnc1. The van der Waals surface area contributed by atoms with Crippen molar-refractivity contribution in [2.75, 3.05) is 0 Å². The summed E-state index contributed by atoms with van der Waals surface area (Å²) in [6.07, 6.45) is 4.70. The molecule has 5 nitrogen and oxygen atoms in total. The van der Waals surface area contributed by atoms with Crippen LogP contribution < -0.4 is 5.11 Å². The lowest BCUT2D eigenvalue weighted by Crippen LogP contribution is -2.22. The van der Waals surface area contributed by atoms with E-state index in [1.807, 2.05) is 30.3 Å². The van der Waals surface area contributed by atoms with Crippen LogP contribution in [0.25, 0.3) is 11.3 Å².